The van der Waals surface area contributed by atoms with E-state index in [0.29, 0.717) is 21.5 Å². The van der Waals surface area contributed by atoms with E-state index in [4.69, 9.17) is 32.4 Å². The summed E-state index contributed by atoms with van der Waals surface area (Å²) in [6, 6.07) is 15.7. The first-order valence-corrected chi connectivity index (χ1v) is 13.7. The Hall–Kier alpha value is -3.37. The Labute approximate surface area is 228 Å². The molecule has 2 heterocycles. The predicted octanol–water partition coefficient (Wildman–Crippen LogP) is 5.37. The van der Waals surface area contributed by atoms with Gasteiger partial charge >= 0.3 is 5.97 Å². The average Bonchev–Trinajstić information content (AvgIpc) is 3.32. The maximum absolute atomic E-state index is 13.3. The van der Waals surface area contributed by atoms with Gasteiger partial charge < -0.3 is 14.3 Å². The van der Waals surface area contributed by atoms with Crippen LogP contribution in [0.15, 0.2) is 80.8 Å². The molecule has 0 saturated carbocycles. The van der Waals surface area contributed by atoms with Gasteiger partial charge in [-0.3, -0.25) is 9.59 Å². The second kappa shape index (κ2) is 10.1. The molecule has 11 heteroatoms. The van der Waals surface area contributed by atoms with E-state index in [1.807, 2.05) is 0 Å². The van der Waals surface area contributed by atoms with Crippen molar-refractivity contribution in [2.24, 2.45) is 0 Å². The summed E-state index contributed by atoms with van der Waals surface area (Å²) in [6.07, 6.45) is -0.914. The first kappa shape index (κ1) is 26.2. The lowest BCUT2D eigenvalue weighted by molar-refractivity contribution is -0.140. The van der Waals surface area contributed by atoms with Crippen LogP contribution in [0.5, 0.6) is 5.75 Å². The molecular formula is C27H21Cl2NO7S. The fourth-order valence-electron chi connectivity index (χ4n) is 4.48. The first-order chi connectivity index (χ1) is 18.1. The number of hydrogen-bond acceptors (Lipinski definition) is 6. The highest BCUT2D eigenvalue weighted by atomic mass is 35.5. The molecule has 196 valence electrons. The minimum absolute atomic E-state index is 0.0132. The van der Waals surface area contributed by atoms with Crippen molar-refractivity contribution in [3.63, 3.8) is 0 Å². The normalized spacial score (nSPS) is 18.1. The summed E-state index contributed by atoms with van der Waals surface area (Å²) in [4.78, 5) is 24.8. The van der Waals surface area contributed by atoms with Crippen molar-refractivity contribution in [2.45, 2.75) is 30.4 Å². The fraction of sp³-hybridized carbons (Fsp3) is 0.185. The Morgan fingerprint density at radius 1 is 1.05 bits per heavy atom. The van der Waals surface area contributed by atoms with Crippen molar-refractivity contribution in [2.75, 3.05) is 6.54 Å². The SMILES string of the molecule is Cc1cc(-c2cc(=O)c3cccc(Cl)c3o2)c(O[C@H]2C[C@@H](C(=O)O)N(S(=O)(=O)c3ccccc3)C2)cc1Cl. The minimum Gasteiger partial charge on any atom is -0.488 e. The summed E-state index contributed by atoms with van der Waals surface area (Å²) in [6.45, 7) is 1.57. The monoisotopic (exact) mass is 573 g/mol. The van der Waals surface area contributed by atoms with E-state index >= 15 is 0 Å². The van der Waals surface area contributed by atoms with E-state index in [0.717, 1.165) is 4.31 Å². The summed E-state index contributed by atoms with van der Waals surface area (Å²) in [5, 5.41) is 10.7. The van der Waals surface area contributed by atoms with Gasteiger partial charge in [0.05, 0.1) is 27.4 Å². The van der Waals surface area contributed by atoms with Crippen molar-refractivity contribution in [3.05, 3.63) is 92.6 Å². The van der Waals surface area contributed by atoms with E-state index in [1.165, 1.54) is 24.3 Å². The predicted molar refractivity (Wildman–Crippen MR) is 143 cm³/mol. The number of halogens is 2. The summed E-state index contributed by atoms with van der Waals surface area (Å²) in [5.41, 5.74) is 0.970. The Kier molecular flexibility index (Phi) is 6.96. The molecule has 4 aromatic rings. The number of benzene rings is 3. The van der Waals surface area contributed by atoms with Crippen molar-refractivity contribution in [1.82, 2.24) is 4.31 Å². The first-order valence-electron chi connectivity index (χ1n) is 11.6. The zero-order valence-electron chi connectivity index (χ0n) is 19.9. The van der Waals surface area contributed by atoms with Crippen molar-refractivity contribution in [3.8, 4) is 17.1 Å². The number of ether oxygens (including phenoxy) is 1. The lowest BCUT2D eigenvalue weighted by Gasteiger charge is -2.21. The highest BCUT2D eigenvalue weighted by molar-refractivity contribution is 7.89. The molecule has 1 aromatic heterocycles. The highest BCUT2D eigenvalue weighted by Crippen LogP contribution is 2.38. The maximum Gasteiger partial charge on any atom is 0.322 e. The Morgan fingerprint density at radius 3 is 2.50 bits per heavy atom. The lowest BCUT2D eigenvalue weighted by atomic mass is 10.1. The number of nitrogens with zero attached hydrogens (tertiary/aromatic N) is 1. The van der Waals surface area contributed by atoms with Crippen molar-refractivity contribution in [1.29, 1.82) is 0 Å². The van der Waals surface area contributed by atoms with Gasteiger partial charge in [-0.1, -0.05) is 47.5 Å². The van der Waals surface area contributed by atoms with Crippen molar-refractivity contribution >= 4 is 50.2 Å². The number of fused-ring (bicyclic) bond motifs is 1. The number of carboxylic acids is 1. The second-order valence-corrected chi connectivity index (χ2v) is 11.6. The number of para-hydroxylation sites is 1. The molecule has 1 N–H and O–H groups in total. The Balaban J connectivity index is 1.54. The van der Waals surface area contributed by atoms with Gasteiger partial charge in [0.25, 0.3) is 0 Å². The Bertz CT molecular complexity index is 1720. The summed E-state index contributed by atoms with van der Waals surface area (Å²) >= 11 is 12.7. The number of aryl methyl sites for hydroxylation is 1. The van der Waals surface area contributed by atoms with Crippen LogP contribution in [0.2, 0.25) is 10.0 Å². The van der Waals surface area contributed by atoms with Crippen LogP contribution >= 0.6 is 23.2 Å². The van der Waals surface area contributed by atoms with Gasteiger partial charge in [0, 0.05) is 17.5 Å². The van der Waals surface area contributed by atoms with E-state index in [1.54, 1.807) is 49.4 Å². The number of carboxylic acid groups (broad SMARTS) is 1. The molecule has 1 aliphatic rings. The number of sulfonamides is 1. The van der Waals surface area contributed by atoms with Gasteiger partial charge in [-0.2, -0.15) is 4.31 Å². The summed E-state index contributed by atoms with van der Waals surface area (Å²) in [5.74, 6) is -0.900. The molecule has 5 rings (SSSR count). The lowest BCUT2D eigenvalue weighted by Crippen LogP contribution is -2.40. The molecule has 0 radical (unpaired) electrons. The number of hydrogen-bond donors (Lipinski definition) is 1. The molecule has 2 atom stereocenters. The third-order valence-electron chi connectivity index (χ3n) is 6.38. The molecule has 0 amide bonds. The fourth-order valence-corrected chi connectivity index (χ4v) is 6.49. The molecule has 8 nitrogen and oxygen atoms in total. The third-order valence-corrected chi connectivity index (χ3v) is 8.97. The molecule has 0 bridgehead atoms. The van der Waals surface area contributed by atoms with Gasteiger partial charge in [-0.25, -0.2) is 8.42 Å². The molecule has 3 aromatic carbocycles. The number of rotatable bonds is 6. The molecular weight excluding hydrogens is 553 g/mol. The van der Waals surface area contributed by atoms with Crippen LogP contribution in [0.1, 0.15) is 12.0 Å². The van der Waals surface area contributed by atoms with Crippen LogP contribution in [0.4, 0.5) is 0 Å². The zero-order valence-corrected chi connectivity index (χ0v) is 22.3. The van der Waals surface area contributed by atoms with E-state index < -0.39 is 28.1 Å². The third kappa shape index (κ3) is 4.78. The maximum atomic E-state index is 13.3. The van der Waals surface area contributed by atoms with Gasteiger partial charge in [-0.15, -0.1) is 0 Å². The highest BCUT2D eigenvalue weighted by Gasteiger charge is 2.45. The van der Waals surface area contributed by atoms with Gasteiger partial charge in [0.15, 0.2) is 11.0 Å². The van der Waals surface area contributed by atoms with Crippen LogP contribution in [0.3, 0.4) is 0 Å². The Morgan fingerprint density at radius 2 is 1.79 bits per heavy atom. The van der Waals surface area contributed by atoms with E-state index in [-0.39, 0.29) is 45.4 Å². The molecule has 1 saturated heterocycles. The molecule has 0 spiro atoms. The molecule has 0 unspecified atom stereocenters. The number of aliphatic carboxylic acids is 1. The molecule has 1 fully saturated rings. The van der Waals surface area contributed by atoms with Crippen LogP contribution in [0.25, 0.3) is 22.3 Å². The van der Waals surface area contributed by atoms with Crippen LogP contribution in [-0.4, -0.2) is 42.5 Å². The summed E-state index contributed by atoms with van der Waals surface area (Å²) < 4.78 is 39.6. The van der Waals surface area contributed by atoms with Crippen LogP contribution in [0, 0.1) is 6.92 Å². The average molecular weight is 574 g/mol. The van der Waals surface area contributed by atoms with Gasteiger partial charge in [0.2, 0.25) is 10.0 Å². The van der Waals surface area contributed by atoms with Crippen LogP contribution < -0.4 is 10.2 Å². The quantitative estimate of drug-likeness (QED) is 0.329. The van der Waals surface area contributed by atoms with Gasteiger partial charge in [0.1, 0.15) is 23.7 Å². The topological polar surface area (TPSA) is 114 Å². The van der Waals surface area contributed by atoms with Gasteiger partial charge in [-0.05, 0) is 48.9 Å². The molecule has 38 heavy (non-hydrogen) atoms. The van der Waals surface area contributed by atoms with E-state index in [2.05, 4.69) is 0 Å². The summed E-state index contributed by atoms with van der Waals surface area (Å²) in [7, 11) is -4.10. The molecule has 0 aliphatic carbocycles. The van der Waals surface area contributed by atoms with Crippen molar-refractivity contribution < 1.29 is 27.5 Å². The van der Waals surface area contributed by atoms with E-state index in [9.17, 15) is 23.1 Å². The number of carbonyl (C=O) groups is 1. The minimum atomic E-state index is -4.10. The standard InChI is InChI=1S/C27H21Cl2NO7S/c1-15-10-19(25-13-23(31)18-8-5-9-20(28)26(18)37-25)24(12-21(15)29)36-16-11-22(27(32)33)30(14-16)38(34,35)17-6-3-2-4-7-17/h2-10,12-13,16,22H,11,14H2,1H3,(H,32,33)/t16-,22-/m0/s1. The zero-order chi connectivity index (χ0) is 27.2. The largest absolute Gasteiger partial charge is 0.488 e. The smallest absolute Gasteiger partial charge is 0.322 e. The second-order valence-electron chi connectivity index (χ2n) is 8.91. The molecule has 1 aliphatic heterocycles. The van der Waals surface area contributed by atoms with Crippen LogP contribution in [-0.2, 0) is 14.8 Å².